The molecule has 4 atom stereocenters. The number of aliphatic carboxylic acids is 1. The Morgan fingerprint density at radius 3 is 2.59 bits per heavy atom. The highest BCUT2D eigenvalue weighted by atomic mass is 35.5. The normalized spacial score (nSPS) is 26.4. The van der Waals surface area contributed by atoms with Crippen LogP contribution in [0.1, 0.15) is 37.3 Å². The van der Waals surface area contributed by atoms with E-state index < -0.39 is 35.1 Å². The number of hydrogen-bond acceptors (Lipinski definition) is 3. The zero-order valence-electron chi connectivity index (χ0n) is 16.3. The number of carbonyl (C=O) groups is 1. The highest BCUT2D eigenvalue weighted by Gasteiger charge is 2.55. The van der Waals surface area contributed by atoms with E-state index in [0.717, 1.165) is 11.6 Å². The van der Waals surface area contributed by atoms with Crippen molar-refractivity contribution in [1.82, 2.24) is 0 Å². The number of carboxylic acids is 1. The second kappa shape index (κ2) is 8.34. The second-order valence-electron chi connectivity index (χ2n) is 7.65. The number of benzene rings is 2. The predicted octanol–water partition coefficient (Wildman–Crippen LogP) is 5.27. The average molecular weight is 413 g/mol. The third-order valence-electron chi connectivity index (χ3n) is 5.93. The van der Waals surface area contributed by atoms with Gasteiger partial charge in [-0.25, -0.2) is 4.39 Å². The van der Waals surface area contributed by atoms with Gasteiger partial charge in [-0.05, 0) is 49.9 Å². The summed E-state index contributed by atoms with van der Waals surface area (Å²) in [4.78, 5) is 17.2. The minimum atomic E-state index is -1.36. The molecule has 29 heavy (non-hydrogen) atoms. The lowest BCUT2D eigenvalue weighted by atomic mass is 9.60. The van der Waals surface area contributed by atoms with E-state index in [1.165, 1.54) is 12.1 Å². The molecule has 0 bridgehead atoms. The Morgan fingerprint density at radius 1 is 1.31 bits per heavy atom. The number of aryl methyl sites for hydroxylation is 1. The SMILES string of the molecule is CC1=NC(CCc2ccccc2)C(C)(C(=O)O)C(c2ccc(F)cc2Cl)C1C#N. The summed E-state index contributed by atoms with van der Waals surface area (Å²) in [5.41, 5.74) is 0.765. The van der Waals surface area contributed by atoms with Gasteiger partial charge in [0.25, 0.3) is 0 Å². The molecule has 6 heteroatoms. The number of aliphatic imine (C=N–C) groups is 1. The van der Waals surface area contributed by atoms with Crippen molar-refractivity contribution in [2.75, 3.05) is 0 Å². The standard InChI is InChI=1S/C23H22ClFN2O2/c1-14-18(13-26)21(17-10-9-16(25)12-19(17)24)23(2,22(28)29)20(27-14)11-8-15-6-4-3-5-7-15/h3-7,9-10,12,18,20-21H,8,11H2,1-2H3,(H,28,29). The van der Waals surface area contributed by atoms with Crippen LogP contribution in [0.3, 0.4) is 0 Å². The summed E-state index contributed by atoms with van der Waals surface area (Å²) in [5, 5.41) is 20.2. The Bertz CT molecular complexity index is 986. The van der Waals surface area contributed by atoms with Gasteiger partial charge in [-0.15, -0.1) is 0 Å². The summed E-state index contributed by atoms with van der Waals surface area (Å²) in [5.74, 6) is -3.05. The van der Waals surface area contributed by atoms with Gasteiger partial charge >= 0.3 is 5.97 Å². The van der Waals surface area contributed by atoms with Gasteiger partial charge in [-0.1, -0.05) is 48.0 Å². The Kier molecular flexibility index (Phi) is 6.04. The molecule has 0 spiro atoms. The molecule has 0 aliphatic carbocycles. The number of halogens is 2. The van der Waals surface area contributed by atoms with Crippen LogP contribution in [0.5, 0.6) is 0 Å². The molecule has 4 nitrogen and oxygen atoms in total. The number of nitrogens with zero attached hydrogens (tertiary/aromatic N) is 2. The van der Waals surface area contributed by atoms with E-state index in [4.69, 9.17) is 11.6 Å². The van der Waals surface area contributed by atoms with Gasteiger partial charge in [0, 0.05) is 16.7 Å². The van der Waals surface area contributed by atoms with Crippen LogP contribution in [-0.2, 0) is 11.2 Å². The first-order valence-corrected chi connectivity index (χ1v) is 9.83. The molecule has 3 rings (SSSR count). The molecular formula is C23H22ClFN2O2. The third kappa shape index (κ3) is 3.90. The van der Waals surface area contributed by atoms with Gasteiger partial charge in [-0.3, -0.25) is 9.79 Å². The summed E-state index contributed by atoms with van der Waals surface area (Å²) in [6, 6.07) is 15.3. The zero-order chi connectivity index (χ0) is 21.2. The van der Waals surface area contributed by atoms with Crippen LogP contribution in [0.25, 0.3) is 0 Å². The van der Waals surface area contributed by atoms with Gasteiger partial charge in [0.15, 0.2) is 0 Å². The highest BCUT2D eigenvalue weighted by Crippen LogP contribution is 2.51. The number of nitriles is 1. The summed E-state index contributed by atoms with van der Waals surface area (Å²) in [6.07, 6.45) is 1.17. The first-order valence-electron chi connectivity index (χ1n) is 9.45. The minimum Gasteiger partial charge on any atom is -0.481 e. The number of carboxylic acid groups (broad SMARTS) is 1. The summed E-state index contributed by atoms with van der Waals surface area (Å²) in [7, 11) is 0. The van der Waals surface area contributed by atoms with E-state index in [-0.39, 0.29) is 5.02 Å². The minimum absolute atomic E-state index is 0.124. The van der Waals surface area contributed by atoms with Gasteiger partial charge in [0.1, 0.15) is 5.82 Å². The van der Waals surface area contributed by atoms with Crippen molar-refractivity contribution in [2.45, 2.75) is 38.6 Å². The molecular weight excluding hydrogens is 391 g/mol. The first kappa shape index (κ1) is 21.0. The molecule has 2 aromatic carbocycles. The van der Waals surface area contributed by atoms with Gasteiger partial charge in [0.05, 0.1) is 23.4 Å². The van der Waals surface area contributed by atoms with Crippen molar-refractivity contribution < 1.29 is 14.3 Å². The maximum absolute atomic E-state index is 13.6. The summed E-state index contributed by atoms with van der Waals surface area (Å²) < 4.78 is 13.6. The van der Waals surface area contributed by atoms with Crippen LogP contribution in [0.2, 0.25) is 5.02 Å². The Hall–Kier alpha value is -2.71. The Morgan fingerprint density at radius 2 is 2.00 bits per heavy atom. The molecule has 0 saturated heterocycles. The maximum Gasteiger partial charge on any atom is 0.312 e. The number of rotatable bonds is 5. The fraction of sp³-hybridized carbons (Fsp3) is 0.348. The van der Waals surface area contributed by atoms with Crippen LogP contribution in [-0.4, -0.2) is 22.8 Å². The second-order valence-corrected chi connectivity index (χ2v) is 8.06. The largest absolute Gasteiger partial charge is 0.481 e. The zero-order valence-corrected chi connectivity index (χ0v) is 17.0. The van der Waals surface area contributed by atoms with Crippen LogP contribution in [0.15, 0.2) is 53.5 Å². The molecule has 150 valence electrons. The Labute approximate surface area is 174 Å². The highest BCUT2D eigenvalue weighted by molar-refractivity contribution is 6.31. The van der Waals surface area contributed by atoms with Crippen molar-refractivity contribution >= 4 is 23.3 Å². The van der Waals surface area contributed by atoms with E-state index >= 15 is 0 Å². The van der Waals surface area contributed by atoms with E-state index in [1.807, 2.05) is 30.3 Å². The lowest BCUT2D eigenvalue weighted by Gasteiger charge is -2.45. The van der Waals surface area contributed by atoms with Crippen molar-refractivity contribution in [1.29, 1.82) is 5.26 Å². The number of hydrogen-bond donors (Lipinski definition) is 1. The van der Waals surface area contributed by atoms with Gasteiger partial charge in [-0.2, -0.15) is 5.26 Å². The van der Waals surface area contributed by atoms with Crippen molar-refractivity contribution in [3.8, 4) is 6.07 Å². The van der Waals surface area contributed by atoms with E-state index in [2.05, 4.69) is 11.1 Å². The third-order valence-corrected chi connectivity index (χ3v) is 6.26. The lowest BCUT2D eigenvalue weighted by Crippen LogP contribution is -2.51. The quantitative estimate of drug-likeness (QED) is 0.727. The van der Waals surface area contributed by atoms with Gasteiger partial charge < -0.3 is 5.11 Å². The maximum atomic E-state index is 13.6. The van der Waals surface area contributed by atoms with Gasteiger partial charge in [0.2, 0.25) is 0 Å². The molecule has 2 aromatic rings. The van der Waals surface area contributed by atoms with E-state index in [9.17, 15) is 19.6 Å². The lowest BCUT2D eigenvalue weighted by molar-refractivity contribution is -0.151. The van der Waals surface area contributed by atoms with Crippen molar-refractivity contribution in [2.24, 2.45) is 16.3 Å². The molecule has 0 amide bonds. The van der Waals surface area contributed by atoms with E-state index in [1.54, 1.807) is 13.8 Å². The smallest absolute Gasteiger partial charge is 0.312 e. The molecule has 1 aliphatic rings. The summed E-state index contributed by atoms with van der Waals surface area (Å²) in [6.45, 7) is 3.37. The van der Waals surface area contributed by atoms with Crippen LogP contribution >= 0.6 is 11.6 Å². The first-order chi connectivity index (χ1) is 13.8. The molecule has 4 unspecified atom stereocenters. The molecule has 1 N–H and O–H groups in total. The van der Waals surface area contributed by atoms with E-state index in [0.29, 0.717) is 24.1 Å². The molecule has 0 aromatic heterocycles. The average Bonchev–Trinajstić information content (AvgIpc) is 2.69. The molecule has 1 aliphatic heterocycles. The van der Waals surface area contributed by atoms with Crippen molar-refractivity contribution in [3.05, 3.63) is 70.5 Å². The molecule has 1 heterocycles. The Balaban J connectivity index is 2.08. The summed E-state index contributed by atoms with van der Waals surface area (Å²) >= 11 is 6.30. The van der Waals surface area contributed by atoms with Crippen LogP contribution in [0.4, 0.5) is 4.39 Å². The molecule has 0 saturated carbocycles. The monoisotopic (exact) mass is 412 g/mol. The topological polar surface area (TPSA) is 73.4 Å². The van der Waals surface area contributed by atoms with Crippen LogP contribution < -0.4 is 0 Å². The fourth-order valence-electron chi connectivity index (χ4n) is 4.27. The van der Waals surface area contributed by atoms with Crippen molar-refractivity contribution in [3.63, 3.8) is 0 Å². The van der Waals surface area contributed by atoms with Crippen LogP contribution in [0, 0.1) is 28.5 Å². The molecule has 0 fully saturated rings. The predicted molar refractivity (Wildman–Crippen MR) is 111 cm³/mol. The fourth-order valence-corrected chi connectivity index (χ4v) is 4.55. The molecule has 0 radical (unpaired) electrons.